The molecule has 0 aromatic rings. The molecule has 0 saturated carbocycles. The van der Waals surface area contributed by atoms with Crippen LogP contribution in [0, 0.1) is 0 Å². The van der Waals surface area contributed by atoms with Gasteiger partial charge in [-0.2, -0.15) is 0 Å². The molecule has 1 heteroatoms. The topological polar surface area (TPSA) is 0 Å². The Kier molecular flexibility index (Phi) is 1.69. The molecule has 0 saturated heterocycles. The van der Waals surface area contributed by atoms with Crippen molar-refractivity contribution in [2.45, 2.75) is 0 Å². The molecule has 7 heavy (non-hydrogen) atoms. The van der Waals surface area contributed by atoms with Crippen molar-refractivity contribution < 1.29 is 0 Å². The molecule has 0 N–H and O–H groups in total. The lowest BCUT2D eigenvalue weighted by Crippen LogP contribution is -1.70. The summed E-state index contributed by atoms with van der Waals surface area (Å²) in [6.45, 7) is 0. The molecule has 0 spiro atoms. The molecule has 0 aromatic heterocycles. The monoisotopic (exact) mass is 108 g/mol. The van der Waals surface area contributed by atoms with Crippen molar-refractivity contribution in [2.24, 2.45) is 0 Å². The first kappa shape index (κ1) is 4.59. The van der Waals surface area contributed by atoms with Crippen LogP contribution in [0.15, 0.2) is 35.7 Å². The van der Waals surface area contributed by atoms with Gasteiger partial charge >= 0.3 is 0 Å². The van der Waals surface area contributed by atoms with Crippen LogP contribution < -0.4 is 0 Å². The molecule has 0 fully saturated rings. The Bertz CT molecular complexity index is 106. The maximum absolute atomic E-state index is 2.26. The summed E-state index contributed by atoms with van der Waals surface area (Å²) in [4.78, 5) is 0. The van der Waals surface area contributed by atoms with Crippen molar-refractivity contribution in [3.05, 3.63) is 35.7 Å². The maximum atomic E-state index is 2.26. The van der Waals surface area contributed by atoms with E-state index < -0.39 is 0 Å². The zero-order valence-electron chi connectivity index (χ0n) is 4.17. The lowest BCUT2D eigenvalue weighted by atomic mass is 10.5. The average Bonchev–Trinajstić information content (AvgIpc) is 1.90. The first-order valence-electron chi connectivity index (χ1n) is 2.48. The molecule has 1 aliphatic heterocycles. The Labute approximate surface area is 46.1 Å². The van der Waals surface area contributed by atoms with Gasteiger partial charge in [0.25, 0.3) is 0 Å². The first-order valence-corrected chi connectivity index (χ1v) is 4.12. The van der Waals surface area contributed by atoms with Crippen LogP contribution in [0.3, 0.4) is 0 Å². The van der Waals surface area contributed by atoms with Crippen molar-refractivity contribution >= 4 is 9.52 Å². The van der Waals surface area contributed by atoms with E-state index in [1.54, 1.807) is 0 Å². The highest BCUT2D eigenvalue weighted by atomic mass is 28.2. The number of allylic oxidation sites excluding steroid dienone is 4. The van der Waals surface area contributed by atoms with E-state index in [2.05, 4.69) is 35.7 Å². The van der Waals surface area contributed by atoms with Crippen LogP contribution in [0.5, 0.6) is 0 Å². The van der Waals surface area contributed by atoms with Crippen LogP contribution in [0.2, 0.25) is 0 Å². The summed E-state index contributed by atoms with van der Waals surface area (Å²) in [5.74, 6) is 0. The maximum Gasteiger partial charge on any atom is 0.0691 e. The molecule has 1 rings (SSSR count). The fourth-order valence-corrected chi connectivity index (χ4v) is 1.31. The van der Waals surface area contributed by atoms with Gasteiger partial charge in [-0.15, -0.1) is 0 Å². The Balaban J connectivity index is 2.60. The first-order chi connectivity index (χ1) is 3.50. The average molecular weight is 108 g/mol. The predicted molar refractivity (Wildman–Crippen MR) is 36.0 cm³/mol. The van der Waals surface area contributed by atoms with Crippen LogP contribution in [0.4, 0.5) is 0 Å². The minimum atomic E-state index is 0.0502. The third-order valence-electron chi connectivity index (χ3n) is 0.878. The summed E-state index contributed by atoms with van der Waals surface area (Å²) in [7, 11) is 0.0502. The highest BCUT2D eigenvalue weighted by Crippen LogP contribution is 1.84. The van der Waals surface area contributed by atoms with E-state index in [0.717, 1.165) is 0 Å². The van der Waals surface area contributed by atoms with Gasteiger partial charge in [-0.3, -0.25) is 0 Å². The minimum Gasteiger partial charge on any atom is -0.0969 e. The second-order valence-electron chi connectivity index (χ2n) is 1.48. The molecular weight excluding hydrogens is 100 g/mol. The molecule has 0 aromatic carbocycles. The number of hydrogen-bond donors (Lipinski definition) is 0. The second-order valence-corrected chi connectivity index (χ2v) is 2.89. The highest BCUT2D eigenvalue weighted by Gasteiger charge is 1.72. The molecule has 1 heterocycles. The highest BCUT2D eigenvalue weighted by molar-refractivity contribution is 6.48. The summed E-state index contributed by atoms with van der Waals surface area (Å²) in [5.41, 5.74) is 4.53. The van der Waals surface area contributed by atoms with E-state index in [9.17, 15) is 0 Å². The van der Waals surface area contributed by atoms with Gasteiger partial charge in [0.15, 0.2) is 0 Å². The normalized spacial score (nSPS) is 17.1. The summed E-state index contributed by atoms with van der Waals surface area (Å²) < 4.78 is 0. The van der Waals surface area contributed by atoms with E-state index in [1.165, 1.54) is 0 Å². The van der Waals surface area contributed by atoms with Gasteiger partial charge in [-0.05, 0) is 0 Å². The van der Waals surface area contributed by atoms with Crippen LogP contribution in [-0.2, 0) is 0 Å². The van der Waals surface area contributed by atoms with Gasteiger partial charge in [-0.1, -0.05) is 35.7 Å². The fraction of sp³-hybridized carbons (Fsp3) is 0. The molecule has 0 aliphatic carbocycles. The third-order valence-corrected chi connectivity index (χ3v) is 1.97. The Morgan fingerprint density at radius 2 is 1.29 bits per heavy atom. The van der Waals surface area contributed by atoms with Crippen molar-refractivity contribution in [3.8, 4) is 0 Å². The number of rotatable bonds is 0. The standard InChI is InChI=1S/C6H8Si/c1-2-4-6-7-5-3-1/h1-6H,7H2. The van der Waals surface area contributed by atoms with Crippen molar-refractivity contribution in [1.82, 2.24) is 0 Å². The van der Waals surface area contributed by atoms with E-state index in [-0.39, 0.29) is 9.52 Å². The summed E-state index contributed by atoms with van der Waals surface area (Å²) in [6, 6.07) is 0. The molecular formula is C6H8Si. The fourth-order valence-electron chi connectivity index (χ4n) is 0.521. The van der Waals surface area contributed by atoms with Crippen LogP contribution >= 0.6 is 0 Å². The second kappa shape index (κ2) is 2.58. The quantitative estimate of drug-likeness (QED) is 0.402. The SMILES string of the molecule is C1=CC=C[SiH2]C=C1. The van der Waals surface area contributed by atoms with Crippen LogP contribution in [0.1, 0.15) is 0 Å². The Morgan fingerprint density at radius 3 is 1.86 bits per heavy atom. The molecule has 0 nitrogen and oxygen atoms in total. The molecule has 0 radical (unpaired) electrons. The van der Waals surface area contributed by atoms with Gasteiger partial charge in [-0.25, -0.2) is 0 Å². The largest absolute Gasteiger partial charge is 0.0969 e. The Hall–Kier alpha value is -0.563. The Morgan fingerprint density at radius 1 is 0.714 bits per heavy atom. The van der Waals surface area contributed by atoms with Gasteiger partial charge in [0.1, 0.15) is 0 Å². The summed E-state index contributed by atoms with van der Waals surface area (Å²) >= 11 is 0. The van der Waals surface area contributed by atoms with Crippen LogP contribution in [0.25, 0.3) is 0 Å². The van der Waals surface area contributed by atoms with Crippen molar-refractivity contribution in [1.29, 1.82) is 0 Å². The van der Waals surface area contributed by atoms with E-state index in [1.807, 2.05) is 0 Å². The van der Waals surface area contributed by atoms with Gasteiger partial charge < -0.3 is 0 Å². The molecule has 0 atom stereocenters. The molecule has 1 aliphatic rings. The van der Waals surface area contributed by atoms with E-state index >= 15 is 0 Å². The van der Waals surface area contributed by atoms with Gasteiger partial charge in [0, 0.05) is 0 Å². The molecule has 0 amide bonds. The minimum absolute atomic E-state index is 0.0502. The molecule has 0 bridgehead atoms. The lowest BCUT2D eigenvalue weighted by molar-refractivity contribution is 1.98. The van der Waals surface area contributed by atoms with Crippen molar-refractivity contribution in [2.75, 3.05) is 0 Å². The third kappa shape index (κ3) is 1.55. The smallest absolute Gasteiger partial charge is 0.0691 e. The predicted octanol–water partition coefficient (Wildman–Crippen LogP) is 0.752. The number of hydrogen-bond acceptors (Lipinski definition) is 0. The van der Waals surface area contributed by atoms with Crippen molar-refractivity contribution in [3.63, 3.8) is 0 Å². The molecule has 0 unspecified atom stereocenters. The van der Waals surface area contributed by atoms with E-state index in [4.69, 9.17) is 0 Å². The summed E-state index contributed by atoms with van der Waals surface area (Å²) in [5, 5.41) is 0. The van der Waals surface area contributed by atoms with Gasteiger partial charge in [0.2, 0.25) is 0 Å². The van der Waals surface area contributed by atoms with E-state index in [0.29, 0.717) is 0 Å². The zero-order chi connectivity index (χ0) is 4.95. The van der Waals surface area contributed by atoms with Crippen LogP contribution in [-0.4, -0.2) is 9.52 Å². The zero-order valence-corrected chi connectivity index (χ0v) is 5.59. The molecule has 36 valence electrons. The lowest BCUT2D eigenvalue weighted by Gasteiger charge is -1.67. The van der Waals surface area contributed by atoms with Gasteiger partial charge in [0.05, 0.1) is 9.52 Å². The summed E-state index contributed by atoms with van der Waals surface area (Å²) in [6.07, 6.45) is 8.37.